The summed E-state index contributed by atoms with van der Waals surface area (Å²) in [4.78, 5) is 0. The highest BCUT2D eigenvalue weighted by Crippen LogP contribution is 2.69. The van der Waals surface area contributed by atoms with Crippen molar-refractivity contribution in [1.29, 1.82) is 0 Å². The van der Waals surface area contributed by atoms with Crippen LogP contribution in [-0.4, -0.2) is 6.13 Å². The van der Waals surface area contributed by atoms with Gasteiger partial charge < -0.3 is 0 Å². The van der Waals surface area contributed by atoms with Gasteiger partial charge in [0, 0.05) is 0 Å². The second kappa shape index (κ2) is 4.71. The topological polar surface area (TPSA) is 0 Å². The maximum absolute atomic E-state index is 7.19. The van der Waals surface area contributed by atoms with E-state index in [1.54, 1.807) is 0 Å². The lowest BCUT2D eigenvalue weighted by Gasteiger charge is -2.65. The Hall–Kier alpha value is 0.355. The normalized spacial score (nSPS) is 54.1. The van der Waals surface area contributed by atoms with Crippen LogP contribution in [0.5, 0.6) is 0 Å². The van der Waals surface area contributed by atoms with Crippen LogP contribution in [0.15, 0.2) is 0 Å². The van der Waals surface area contributed by atoms with Crippen LogP contribution < -0.4 is 0 Å². The lowest BCUT2D eigenvalue weighted by molar-refractivity contribution is -0.106. The van der Waals surface area contributed by atoms with E-state index in [-0.39, 0.29) is 0 Å². The Labute approximate surface area is 143 Å². The molecule has 0 radical (unpaired) electrons. The van der Waals surface area contributed by atoms with Crippen LogP contribution in [-0.2, 0) is 0 Å². The summed E-state index contributed by atoms with van der Waals surface area (Å²) in [5, 5.41) is 0. The van der Waals surface area contributed by atoms with E-state index in [9.17, 15) is 0 Å². The molecule has 6 rings (SSSR count). The average molecular weight is 321 g/mol. The van der Waals surface area contributed by atoms with Gasteiger partial charge in [0.15, 0.2) is 0 Å². The van der Waals surface area contributed by atoms with E-state index < -0.39 is 0 Å². The second-order valence-corrected chi connectivity index (χ2v) is 11.2. The zero-order valence-electron chi connectivity index (χ0n) is 15.4. The van der Waals surface area contributed by atoms with Crippen molar-refractivity contribution >= 4 is 17.6 Å². The van der Waals surface area contributed by atoms with Crippen LogP contribution in [0.25, 0.3) is 0 Å². The molecule has 0 heterocycles. The zero-order valence-corrected chi connectivity index (χ0v) is 16.2. The second-order valence-electron chi connectivity index (χ2n) is 10.7. The van der Waals surface area contributed by atoms with Crippen LogP contribution in [0.4, 0.5) is 0 Å². The minimum atomic E-state index is 0.438. The Balaban J connectivity index is 1.49. The highest BCUT2D eigenvalue weighted by atomic mass is 35.5. The number of fused-ring (bicyclic) bond motifs is 4. The fourth-order valence-electron chi connectivity index (χ4n) is 7.54. The van der Waals surface area contributed by atoms with Gasteiger partial charge in [-0.25, -0.2) is 0 Å². The first-order valence-electron chi connectivity index (χ1n) is 9.79. The molecule has 0 aliphatic heterocycles. The Bertz CT molecular complexity index is 428. The van der Waals surface area contributed by atoms with Gasteiger partial charge in [0.2, 0.25) is 0 Å². The molecule has 0 saturated heterocycles. The monoisotopic (exact) mass is 320 g/mol. The van der Waals surface area contributed by atoms with E-state index in [4.69, 9.17) is 11.5 Å². The summed E-state index contributed by atoms with van der Waals surface area (Å²) < 4.78 is 0. The van der Waals surface area contributed by atoms with Crippen molar-refractivity contribution in [3.05, 3.63) is 0 Å². The zero-order chi connectivity index (χ0) is 16.0. The summed E-state index contributed by atoms with van der Waals surface area (Å²) in [6.45, 7) is 15.0. The van der Waals surface area contributed by atoms with E-state index in [1.807, 2.05) is 0 Å². The van der Waals surface area contributed by atoms with E-state index in [0.29, 0.717) is 17.0 Å². The molecule has 6 saturated carbocycles. The first kappa shape index (κ1) is 15.9. The maximum atomic E-state index is 7.19. The van der Waals surface area contributed by atoms with E-state index in [2.05, 4.69) is 41.5 Å². The Kier molecular flexibility index (Phi) is 3.39. The van der Waals surface area contributed by atoms with Gasteiger partial charge in [-0.3, -0.25) is 0 Å². The van der Waals surface area contributed by atoms with Gasteiger partial charge in [-0.2, -0.15) is 11.5 Å². The minimum Gasteiger partial charge on any atom is -0.195 e. The predicted molar refractivity (Wildman–Crippen MR) is 97.4 cm³/mol. The smallest absolute Gasteiger partial charge is 0.195 e. The molecule has 0 unspecified atom stereocenters. The number of halogens is 1. The van der Waals surface area contributed by atoms with Gasteiger partial charge in [0.1, 0.15) is 0 Å². The Morgan fingerprint density at radius 3 is 1.36 bits per heavy atom. The number of hydrogen-bond acceptors (Lipinski definition) is 0. The molecule has 0 N–H and O–H groups in total. The van der Waals surface area contributed by atoms with Crippen LogP contribution >= 0.6 is 11.5 Å². The summed E-state index contributed by atoms with van der Waals surface area (Å²) in [6.07, 6.45) is 6.20. The van der Waals surface area contributed by atoms with Gasteiger partial charge >= 0.3 is 0 Å². The molecular formula is C20H34BCl. The van der Waals surface area contributed by atoms with Crippen LogP contribution in [0.2, 0.25) is 11.6 Å². The first-order chi connectivity index (χ1) is 10.2. The number of hydrogen-bond donors (Lipinski definition) is 0. The van der Waals surface area contributed by atoms with Crippen molar-refractivity contribution in [3.63, 3.8) is 0 Å². The number of rotatable bonds is 2. The molecule has 8 atom stereocenters. The van der Waals surface area contributed by atoms with Gasteiger partial charge in [-0.15, -0.1) is 0 Å². The quantitative estimate of drug-likeness (QED) is 0.519. The van der Waals surface area contributed by atoms with Crippen LogP contribution in [0.3, 0.4) is 0 Å². The molecule has 2 heteroatoms. The van der Waals surface area contributed by atoms with Gasteiger partial charge in [-0.05, 0) is 70.8 Å². The fraction of sp³-hybridized carbons (Fsp3) is 1.00. The molecule has 6 aliphatic carbocycles. The Morgan fingerprint density at radius 2 is 1.09 bits per heavy atom. The molecule has 0 spiro atoms. The molecule has 0 nitrogen and oxygen atoms in total. The van der Waals surface area contributed by atoms with Crippen LogP contribution in [0, 0.1) is 46.3 Å². The molecular weight excluding hydrogens is 286 g/mol. The van der Waals surface area contributed by atoms with Crippen molar-refractivity contribution in [2.75, 3.05) is 0 Å². The summed E-state index contributed by atoms with van der Waals surface area (Å²) in [5.41, 5.74) is 1.18. The average Bonchev–Trinajstić information content (AvgIpc) is 2.45. The summed E-state index contributed by atoms with van der Waals surface area (Å²) in [5.74, 6) is 7.00. The summed E-state index contributed by atoms with van der Waals surface area (Å²) in [7, 11) is 0. The highest BCUT2D eigenvalue weighted by molar-refractivity contribution is 7.08. The van der Waals surface area contributed by atoms with Crippen LogP contribution in [0.1, 0.15) is 67.2 Å². The third-order valence-electron chi connectivity index (χ3n) is 9.64. The molecule has 0 aromatic carbocycles. The molecule has 22 heavy (non-hydrogen) atoms. The molecule has 0 aromatic rings. The lowest BCUT2D eigenvalue weighted by Crippen LogP contribution is -2.58. The first-order valence-corrected chi connectivity index (χ1v) is 10.2. The fourth-order valence-corrected chi connectivity index (χ4v) is 8.20. The van der Waals surface area contributed by atoms with Crippen molar-refractivity contribution in [1.82, 2.24) is 0 Å². The van der Waals surface area contributed by atoms with Gasteiger partial charge in [0.25, 0.3) is 6.13 Å². The summed E-state index contributed by atoms with van der Waals surface area (Å²) in [6, 6.07) is 0. The minimum absolute atomic E-state index is 0.438. The lowest BCUT2D eigenvalue weighted by atomic mass is 9.30. The van der Waals surface area contributed by atoms with Crippen molar-refractivity contribution in [2.24, 2.45) is 46.3 Å². The molecule has 6 aliphatic rings. The Morgan fingerprint density at radius 1 is 0.727 bits per heavy atom. The highest BCUT2D eigenvalue weighted by Gasteiger charge is 2.62. The van der Waals surface area contributed by atoms with Crippen molar-refractivity contribution in [3.8, 4) is 0 Å². The molecule has 0 aromatic heterocycles. The summed E-state index contributed by atoms with van der Waals surface area (Å²) >= 11 is 7.19. The molecule has 6 fully saturated rings. The largest absolute Gasteiger partial charge is 0.257 e. The standard InChI is InChI=1S/C20H34BCl/c1-11-15-7-13(19(15,3)4)9-17(11)21(22)18-10-14-8-16(12(18)2)20(14,5)6/h11-18H,7-10H2,1-6H3/t11-,12-,13-,14-,15-,16+,17+,18-/m0/s1. The van der Waals surface area contributed by atoms with E-state index >= 15 is 0 Å². The predicted octanol–water partition coefficient (Wildman–Crippen LogP) is 6.36. The van der Waals surface area contributed by atoms with Crippen molar-refractivity contribution in [2.45, 2.75) is 78.9 Å². The van der Waals surface area contributed by atoms with Gasteiger partial charge in [-0.1, -0.05) is 54.4 Å². The van der Waals surface area contributed by atoms with Crippen molar-refractivity contribution < 1.29 is 0 Å². The van der Waals surface area contributed by atoms with Gasteiger partial charge in [0.05, 0.1) is 0 Å². The van der Waals surface area contributed by atoms with E-state index in [1.165, 1.54) is 25.7 Å². The molecule has 4 bridgehead atoms. The van der Waals surface area contributed by atoms with E-state index in [0.717, 1.165) is 47.1 Å². The third-order valence-corrected chi connectivity index (χ3v) is 10.3. The molecule has 0 amide bonds. The maximum Gasteiger partial charge on any atom is 0.257 e. The molecule has 124 valence electrons. The third kappa shape index (κ3) is 1.84. The SMILES string of the molecule is C[C@@H]1[C@@H](B(Cl)[C@@H]2C[C@@H]3C[C@@H]([C@@H]2C)C3(C)C)C[C@@H]2C[C@H]1C2(C)C.